The van der Waals surface area contributed by atoms with E-state index in [0.29, 0.717) is 18.0 Å². The lowest BCUT2D eigenvalue weighted by Gasteiger charge is -2.43. The number of nitrogens with one attached hydrogen (secondary N) is 2. The third-order valence-electron chi connectivity index (χ3n) is 6.87. The van der Waals surface area contributed by atoms with Gasteiger partial charge in [-0.2, -0.15) is 0 Å². The molecular weight excluding hydrogens is 403 g/mol. The second-order valence-corrected chi connectivity index (χ2v) is 9.13. The predicted octanol–water partition coefficient (Wildman–Crippen LogP) is 5.63. The number of carbonyl (C=O) groups is 2. The van der Waals surface area contributed by atoms with Crippen molar-refractivity contribution in [3.8, 4) is 0 Å². The number of allylic oxidation sites excluding steroid dienone is 1. The van der Waals surface area contributed by atoms with Gasteiger partial charge in [-0.25, -0.2) is 4.39 Å². The number of hydrogen-bond donors (Lipinski definition) is 2. The standard InChI is InChI=1S/C27H31FN2O2/c1-19(31)30-24-11-8-20-4-2-14-27(25(20)18-24)15-12-23(13-16-27)29-17-3-5-26(32)21-6-9-22(28)10-7-21/h2,4,6-11,18,23,29H,3,5,12-17H2,1H3,(H,30,31). The molecule has 4 nitrogen and oxygen atoms in total. The summed E-state index contributed by atoms with van der Waals surface area (Å²) in [5.74, 6) is -0.299. The molecule has 0 atom stereocenters. The van der Waals surface area contributed by atoms with Crippen molar-refractivity contribution < 1.29 is 14.0 Å². The molecule has 0 unspecified atom stereocenters. The molecule has 4 rings (SSSR count). The van der Waals surface area contributed by atoms with E-state index < -0.39 is 0 Å². The molecule has 32 heavy (non-hydrogen) atoms. The van der Waals surface area contributed by atoms with Gasteiger partial charge in [0.1, 0.15) is 5.82 Å². The van der Waals surface area contributed by atoms with Crippen LogP contribution >= 0.6 is 0 Å². The van der Waals surface area contributed by atoms with Gasteiger partial charge in [-0.1, -0.05) is 18.2 Å². The van der Waals surface area contributed by atoms with Crippen molar-refractivity contribution >= 4 is 23.5 Å². The van der Waals surface area contributed by atoms with Gasteiger partial charge >= 0.3 is 0 Å². The van der Waals surface area contributed by atoms with Crippen molar-refractivity contribution in [2.24, 2.45) is 0 Å². The Bertz CT molecular complexity index is 1000. The fraction of sp³-hybridized carbons (Fsp3) is 0.407. The van der Waals surface area contributed by atoms with Gasteiger partial charge < -0.3 is 10.6 Å². The molecule has 1 amide bonds. The average molecular weight is 435 g/mol. The van der Waals surface area contributed by atoms with Gasteiger partial charge in [0.15, 0.2) is 5.78 Å². The maximum atomic E-state index is 13.0. The molecule has 0 radical (unpaired) electrons. The fourth-order valence-corrected chi connectivity index (χ4v) is 5.15. The summed E-state index contributed by atoms with van der Waals surface area (Å²) < 4.78 is 13.0. The highest BCUT2D eigenvalue weighted by atomic mass is 19.1. The minimum atomic E-state index is -0.319. The van der Waals surface area contributed by atoms with E-state index in [9.17, 15) is 14.0 Å². The first-order valence-electron chi connectivity index (χ1n) is 11.6. The molecule has 1 saturated carbocycles. The van der Waals surface area contributed by atoms with Crippen LogP contribution in [0, 0.1) is 5.82 Å². The Morgan fingerprint density at radius 2 is 1.84 bits per heavy atom. The quantitative estimate of drug-likeness (QED) is 0.438. The molecule has 2 aromatic carbocycles. The van der Waals surface area contributed by atoms with Gasteiger partial charge in [-0.05, 0) is 98.0 Å². The van der Waals surface area contributed by atoms with E-state index in [1.165, 1.54) is 23.3 Å². The number of carbonyl (C=O) groups excluding carboxylic acids is 2. The molecule has 1 spiro atoms. The molecule has 2 aromatic rings. The van der Waals surface area contributed by atoms with E-state index >= 15 is 0 Å². The molecule has 0 aliphatic heterocycles. The van der Waals surface area contributed by atoms with Crippen molar-refractivity contribution in [3.63, 3.8) is 0 Å². The Morgan fingerprint density at radius 3 is 2.56 bits per heavy atom. The summed E-state index contributed by atoms with van der Waals surface area (Å²) in [7, 11) is 0. The maximum Gasteiger partial charge on any atom is 0.221 e. The summed E-state index contributed by atoms with van der Waals surface area (Å²) in [6.07, 6.45) is 11.2. The van der Waals surface area contributed by atoms with Crippen LogP contribution in [0.15, 0.2) is 48.5 Å². The Hall–Kier alpha value is -2.79. The first-order chi connectivity index (χ1) is 15.4. The molecule has 2 N–H and O–H groups in total. The van der Waals surface area contributed by atoms with Crippen LogP contribution in [-0.2, 0) is 10.2 Å². The molecule has 0 heterocycles. The molecule has 5 heteroatoms. The van der Waals surface area contributed by atoms with Crippen LogP contribution in [0.1, 0.15) is 73.4 Å². The lowest BCUT2D eigenvalue weighted by Crippen LogP contribution is -2.41. The van der Waals surface area contributed by atoms with Gasteiger partial charge in [0.2, 0.25) is 5.91 Å². The van der Waals surface area contributed by atoms with Crippen LogP contribution in [0.4, 0.5) is 10.1 Å². The molecule has 0 saturated heterocycles. The molecular formula is C27H31FN2O2. The van der Waals surface area contributed by atoms with E-state index in [4.69, 9.17) is 0 Å². The highest BCUT2D eigenvalue weighted by molar-refractivity contribution is 5.96. The average Bonchev–Trinajstić information content (AvgIpc) is 2.78. The lowest BCUT2D eigenvalue weighted by atomic mass is 9.63. The van der Waals surface area contributed by atoms with Crippen molar-refractivity contribution in [1.29, 1.82) is 0 Å². The van der Waals surface area contributed by atoms with Crippen LogP contribution in [0.25, 0.3) is 6.08 Å². The van der Waals surface area contributed by atoms with Gasteiger partial charge in [0, 0.05) is 30.6 Å². The van der Waals surface area contributed by atoms with Crippen LogP contribution in [0.3, 0.4) is 0 Å². The number of halogens is 1. The Morgan fingerprint density at radius 1 is 1.09 bits per heavy atom. The summed E-state index contributed by atoms with van der Waals surface area (Å²) in [6.45, 7) is 2.35. The predicted molar refractivity (Wildman–Crippen MR) is 126 cm³/mol. The molecule has 168 valence electrons. The first kappa shape index (κ1) is 22.4. The summed E-state index contributed by atoms with van der Waals surface area (Å²) >= 11 is 0. The minimum absolute atomic E-state index is 0.0452. The smallest absolute Gasteiger partial charge is 0.221 e. The van der Waals surface area contributed by atoms with Crippen LogP contribution in [-0.4, -0.2) is 24.3 Å². The van der Waals surface area contributed by atoms with Crippen molar-refractivity contribution in [2.75, 3.05) is 11.9 Å². The summed E-state index contributed by atoms with van der Waals surface area (Å²) in [6, 6.07) is 12.5. The second-order valence-electron chi connectivity index (χ2n) is 9.13. The lowest BCUT2D eigenvalue weighted by molar-refractivity contribution is -0.114. The number of ketones is 1. The van der Waals surface area contributed by atoms with E-state index in [1.807, 2.05) is 6.07 Å². The Labute approximate surface area is 189 Å². The Balaban J connectivity index is 1.28. The molecule has 0 bridgehead atoms. The number of rotatable bonds is 7. The number of Topliss-reactive ketones (excluding diaryl/α,β-unsaturated/α-hetero) is 1. The number of benzene rings is 2. The number of amides is 1. The fourth-order valence-electron chi connectivity index (χ4n) is 5.15. The normalized spacial score (nSPS) is 21.9. The molecule has 2 aliphatic carbocycles. The van der Waals surface area contributed by atoms with E-state index in [2.05, 4.69) is 34.9 Å². The van der Waals surface area contributed by atoms with Gasteiger partial charge in [0.25, 0.3) is 0 Å². The largest absolute Gasteiger partial charge is 0.326 e. The number of fused-ring (bicyclic) bond motifs is 2. The third-order valence-corrected chi connectivity index (χ3v) is 6.87. The number of anilines is 1. The van der Waals surface area contributed by atoms with E-state index in [0.717, 1.165) is 50.8 Å². The first-order valence-corrected chi connectivity index (χ1v) is 11.6. The highest BCUT2D eigenvalue weighted by Gasteiger charge is 2.38. The van der Waals surface area contributed by atoms with Crippen LogP contribution in [0.2, 0.25) is 0 Å². The van der Waals surface area contributed by atoms with Gasteiger partial charge in [-0.15, -0.1) is 0 Å². The number of hydrogen-bond acceptors (Lipinski definition) is 3. The van der Waals surface area contributed by atoms with Crippen molar-refractivity contribution in [1.82, 2.24) is 5.32 Å². The van der Waals surface area contributed by atoms with Crippen molar-refractivity contribution in [2.45, 2.75) is 63.3 Å². The molecule has 0 aromatic heterocycles. The van der Waals surface area contributed by atoms with E-state index in [1.54, 1.807) is 19.1 Å². The molecule has 1 fully saturated rings. The summed E-state index contributed by atoms with van der Waals surface area (Å²) in [5.41, 5.74) is 4.21. The third kappa shape index (κ3) is 5.16. The zero-order valence-corrected chi connectivity index (χ0v) is 18.6. The molecule has 2 aliphatic rings. The van der Waals surface area contributed by atoms with E-state index in [-0.39, 0.29) is 22.9 Å². The maximum absolute atomic E-state index is 13.0. The second kappa shape index (κ2) is 9.78. The summed E-state index contributed by atoms with van der Waals surface area (Å²) in [5, 5.41) is 6.56. The van der Waals surface area contributed by atoms with Crippen LogP contribution in [0.5, 0.6) is 0 Å². The summed E-state index contributed by atoms with van der Waals surface area (Å²) in [4.78, 5) is 23.7. The highest BCUT2D eigenvalue weighted by Crippen LogP contribution is 2.47. The Kier molecular flexibility index (Phi) is 6.85. The van der Waals surface area contributed by atoms with Crippen LogP contribution < -0.4 is 10.6 Å². The van der Waals surface area contributed by atoms with Gasteiger partial charge in [0.05, 0.1) is 0 Å². The SMILES string of the molecule is CC(=O)Nc1ccc2c(c1)C1(CC=C2)CCC(NCCCC(=O)c2ccc(F)cc2)CC1. The topological polar surface area (TPSA) is 58.2 Å². The van der Waals surface area contributed by atoms with Gasteiger partial charge in [-0.3, -0.25) is 9.59 Å². The monoisotopic (exact) mass is 434 g/mol. The zero-order chi connectivity index (χ0) is 22.6. The zero-order valence-electron chi connectivity index (χ0n) is 18.6. The minimum Gasteiger partial charge on any atom is -0.326 e. The van der Waals surface area contributed by atoms with Crippen molar-refractivity contribution in [3.05, 3.63) is 71.0 Å².